The van der Waals surface area contributed by atoms with Crippen LogP contribution in [-0.4, -0.2) is 0 Å². The van der Waals surface area contributed by atoms with Crippen molar-refractivity contribution < 1.29 is 0 Å². The minimum Gasteiger partial charge on any atom is -0.402 e. The Kier molecular flexibility index (Phi) is 2.58. The van der Waals surface area contributed by atoms with Crippen LogP contribution in [0.2, 0.25) is 0 Å². The topological polar surface area (TPSA) is 52.0 Å². The van der Waals surface area contributed by atoms with Crippen molar-refractivity contribution in [2.24, 2.45) is 17.4 Å². The fourth-order valence-corrected chi connectivity index (χ4v) is 0.962. The summed E-state index contributed by atoms with van der Waals surface area (Å²) in [6, 6.07) is 0. The maximum absolute atomic E-state index is 5.72. The molecule has 0 aliphatic heterocycles. The summed E-state index contributed by atoms with van der Waals surface area (Å²) in [7, 11) is 0. The van der Waals surface area contributed by atoms with Crippen LogP contribution in [0.5, 0.6) is 0 Å². The Labute approximate surface area is 68.0 Å². The fraction of sp³-hybridized carbons (Fsp3) is 0.556. The van der Waals surface area contributed by atoms with Crippen molar-refractivity contribution in [3.8, 4) is 0 Å². The highest BCUT2D eigenvalue weighted by Crippen LogP contribution is 2.33. The van der Waals surface area contributed by atoms with Crippen LogP contribution in [0.1, 0.15) is 26.2 Å². The Bertz CT molecular complexity index is 184. The molecule has 4 N–H and O–H groups in total. The summed E-state index contributed by atoms with van der Waals surface area (Å²) in [5.74, 6) is 0.859. The molecule has 1 aliphatic carbocycles. The second-order valence-corrected chi connectivity index (χ2v) is 3.30. The van der Waals surface area contributed by atoms with Crippen LogP contribution in [0.4, 0.5) is 0 Å². The Morgan fingerprint density at radius 3 is 2.45 bits per heavy atom. The zero-order valence-electron chi connectivity index (χ0n) is 7.01. The van der Waals surface area contributed by atoms with E-state index in [4.69, 9.17) is 11.5 Å². The molecule has 1 aliphatic rings. The van der Waals surface area contributed by atoms with Crippen LogP contribution in [0, 0.1) is 5.92 Å². The lowest BCUT2D eigenvalue weighted by Gasteiger charge is -1.96. The lowest BCUT2D eigenvalue weighted by Crippen LogP contribution is -1.98. The third-order valence-corrected chi connectivity index (χ3v) is 1.78. The van der Waals surface area contributed by atoms with Gasteiger partial charge in [0.15, 0.2) is 0 Å². The summed E-state index contributed by atoms with van der Waals surface area (Å²) in [5, 5.41) is 0. The smallest absolute Gasteiger partial charge is 0.00838 e. The number of hydrogen-bond acceptors (Lipinski definition) is 2. The summed E-state index contributed by atoms with van der Waals surface area (Å²) in [6.45, 7) is 1.86. The summed E-state index contributed by atoms with van der Waals surface area (Å²) >= 11 is 0. The van der Waals surface area contributed by atoms with Crippen molar-refractivity contribution in [2.45, 2.75) is 26.2 Å². The molecular formula is C9H16N2. The second-order valence-electron chi connectivity index (χ2n) is 3.30. The SMILES string of the molecule is C/C(N)=C/C=C(\N)CC1CC1. The number of nitrogens with two attached hydrogens (primary N) is 2. The molecule has 0 aromatic rings. The molecule has 2 heteroatoms. The van der Waals surface area contributed by atoms with E-state index in [1.807, 2.05) is 19.1 Å². The molecule has 0 unspecified atom stereocenters. The Balaban J connectivity index is 2.31. The summed E-state index contributed by atoms with van der Waals surface area (Å²) in [5.41, 5.74) is 12.9. The summed E-state index contributed by atoms with van der Waals surface area (Å²) < 4.78 is 0. The predicted molar refractivity (Wildman–Crippen MR) is 47.6 cm³/mol. The number of allylic oxidation sites excluding steroid dienone is 4. The van der Waals surface area contributed by atoms with E-state index in [1.165, 1.54) is 12.8 Å². The van der Waals surface area contributed by atoms with Gasteiger partial charge in [-0.25, -0.2) is 0 Å². The van der Waals surface area contributed by atoms with Gasteiger partial charge in [-0.05, 0) is 44.3 Å². The molecule has 1 rings (SSSR count). The average Bonchev–Trinajstić information content (AvgIpc) is 2.67. The molecule has 0 spiro atoms. The Hall–Kier alpha value is -0.920. The molecule has 0 atom stereocenters. The van der Waals surface area contributed by atoms with Gasteiger partial charge in [0, 0.05) is 11.4 Å². The molecule has 0 aromatic heterocycles. The zero-order chi connectivity index (χ0) is 8.27. The molecular weight excluding hydrogens is 136 g/mol. The number of hydrogen-bond donors (Lipinski definition) is 2. The van der Waals surface area contributed by atoms with Crippen LogP contribution in [0.3, 0.4) is 0 Å². The van der Waals surface area contributed by atoms with Crippen molar-refractivity contribution in [3.05, 3.63) is 23.5 Å². The molecule has 1 saturated carbocycles. The monoisotopic (exact) mass is 152 g/mol. The highest BCUT2D eigenvalue weighted by Gasteiger charge is 2.21. The van der Waals surface area contributed by atoms with Crippen molar-refractivity contribution in [2.75, 3.05) is 0 Å². The minimum absolute atomic E-state index is 0.809. The third kappa shape index (κ3) is 3.71. The first-order valence-electron chi connectivity index (χ1n) is 4.07. The average molecular weight is 152 g/mol. The van der Waals surface area contributed by atoms with Gasteiger partial charge < -0.3 is 11.5 Å². The van der Waals surface area contributed by atoms with E-state index in [9.17, 15) is 0 Å². The van der Waals surface area contributed by atoms with Crippen LogP contribution in [0.15, 0.2) is 23.5 Å². The van der Waals surface area contributed by atoms with E-state index < -0.39 is 0 Å². The van der Waals surface area contributed by atoms with Gasteiger partial charge >= 0.3 is 0 Å². The summed E-state index contributed by atoms with van der Waals surface area (Å²) in [6.07, 6.45) is 7.51. The summed E-state index contributed by atoms with van der Waals surface area (Å²) in [4.78, 5) is 0. The number of rotatable bonds is 3. The first kappa shape index (κ1) is 8.18. The van der Waals surface area contributed by atoms with E-state index >= 15 is 0 Å². The first-order chi connectivity index (χ1) is 5.18. The van der Waals surface area contributed by atoms with Crippen molar-refractivity contribution in [1.82, 2.24) is 0 Å². The molecule has 0 bridgehead atoms. The van der Waals surface area contributed by atoms with Gasteiger partial charge in [0.05, 0.1) is 0 Å². The molecule has 0 radical (unpaired) electrons. The first-order valence-corrected chi connectivity index (χ1v) is 4.07. The van der Waals surface area contributed by atoms with Gasteiger partial charge in [-0.2, -0.15) is 0 Å². The lowest BCUT2D eigenvalue weighted by molar-refractivity contribution is 0.811. The standard InChI is InChI=1S/C9H16N2/c1-7(10)2-5-9(11)6-8-3-4-8/h2,5,8H,3-4,6,10-11H2,1H3/b7-2-,9-5-. The normalized spacial score (nSPS) is 20.5. The fourth-order valence-electron chi connectivity index (χ4n) is 0.962. The lowest BCUT2D eigenvalue weighted by atomic mass is 10.2. The molecule has 0 amide bonds. The van der Waals surface area contributed by atoms with Gasteiger partial charge in [-0.15, -0.1) is 0 Å². The van der Waals surface area contributed by atoms with Gasteiger partial charge in [0.1, 0.15) is 0 Å². The van der Waals surface area contributed by atoms with Crippen LogP contribution < -0.4 is 11.5 Å². The van der Waals surface area contributed by atoms with E-state index in [0.29, 0.717) is 0 Å². The molecule has 2 nitrogen and oxygen atoms in total. The second kappa shape index (κ2) is 3.46. The van der Waals surface area contributed by atoms with E-state index in [-0.39, 0.29) is 0 Å². The van der Waals surface area contributed by atoms with Gasteiger partial charge in [-0.1, -0.05) is 0 Å². The molecule has 0 saturated heterocycles. The van der Waals surface area contributed by atoms with Crippen LogP contribution in [0.25, 0.3) is 0 Å². The third-order valence-electron chi connectivity index (χ3n) is 1.78. The van der Waals surface area contributed by atoms with Gasteiger partial charge in [-0.3, -0.25) is 0 Å². The van der Waals surface area contributed by atoms with Crippen molar-refractivity contribution in [1.29, 1.82) is 0 Å². The van der Waals surface area contributed by atoms with Crippen molar-refractivity contribution in [3.63, 3.8) is 0 Å². The van der Waals surface area contributed by atoms with Crippen LogP contribution >= 0.6 is 0 Å². The quantitative estimate of drug-likeness (QED) is 0.602. The minimum atomic E-state index is 0.809. The molecule has 0 aromatic carbocycles. The van der Waals surface area contributed by atoms with E-state index in [2.05, 4.69) is 0 Å². The maximum atomic E-state index is 5.72. The van der Waals surface area contributed by atoms with Crippen molar-refractivity contribution >= 4 is 0 Å². The molecule has 0 heterocycles. The van der Waals surface area contributed by atoms with E-state index in [0.717, 1.165) is 23.7 Å². The van der Waals surface area contributed by atoms with Crippen LogP contribution in [-0.2, 0) is 0 Å². The Morgan fingerprint density at radius 1 is 1.36 bits per heavy atom. The Morgan fingerprint density at radius 2 is 2.00 bits per heavy atom. The van der Waals surface area contributed by atoms with Gasteiger partial charge in [0.2, 0.25) is 0 Å². The van der Waals surface area contributed by atoms with Gasteiger partial charge in [0.25, 0.3) is 0 Å². The highest BCUT2D eigenvalue weighted by atomic mass is 14.6. The maximum Gasteiger partial charge on any atom is 0.00838 e. The van der Waals surface area contributed by atoms with E-state index in [1.54, 1.807) is 0 Å². The molecule has 1 fully saturated rings. The molecule has 62 valence electrons. The molecule has 11 heavy (non-hydrogen) atoms. The zero-order valence-corrected chi connectivity index (χ0v) is 7.01. The largest absolute Gasteiger partial charge is 0.402 e. The predicted octanol–water partition coefficient (Wildman–Crippen LogP) is 1.49. The highest BCUT2D eigenvalue weighted by molar-refractivity contribution is 5.13.